The third kappa shape index (κ3) is 6.48. The van der Waals surface area contributed by atoms with Crippen LogP contribution in [0.15, 0.2) is 0 Å². The summed E-state index contributed by atoms with van der Waals surface area (Å²) in [6.45, 7) is 9.27. The summed E-state index contributed by atoms with van der Waals surface area (Å²) in [7, 11) is 0. The van der Waals surface area contributed by atoms with Gasteiger partial charge in [0.25, 0.3) is 0 Å². The van der Waals surface area contributed by atoms with Gasteiger partial charge in [-0.3, -0.25) is 19.8 Å². The van der Waals surface area contributed by atoms with E-state index in [9.17, 15) is 14.4 Å². The van der Waals surface area contributed by atoms with Gasteiger partial charge in [-0.15, -0.1) is 0 Å². The summed E-state index contributed by atoms with van der Waals surface area (Å²) in [5.41, 5.74) is 0. The Morgan fingerprint density at radius 2 is 1.63 bits per heavy atom. The minimum Gasteiger partial charge on any atom is -0.343 e. The van der Waals surface area contributed by atoms with Crippen LogP contribution in [-0.2, 0) is 9.59 Å². The van der Waals surface area contributed by atoms with Crippen molar-refractivity contribution in [2.75, 3.05) is 32.7 Å². The fourth-order valence-corrected chi connectivity index (χ4v) is 4.24. The van der Waals surface area contributed by atoms with Gasteiger partial charge in [0, 0.05) is 25.0 Å². The lowest BCUT2D eigenvalue weighted by Crippen LogP contribution is -2.51. The van der Waals surface area contributed by atoms with Crippen LogP contribution in [0.25, 0.3) is 0 Å². The smallest absolute Gasteiger partial charge is 0.321 e. The molecule has 7 nitrogen and oxygen atoms in total. The first-order chi connectivity index (χ1) is 12.9. The maximum atomic E-state index is 12.4. The van der Waals surface area contributed by atoms with Crippen LogP contribution in [0.3, 0.4) is 0 Å². The SMILES string of the molecule is CCN(CC)C(=O)C1CCN(CC(=O)NC(=O)NC2CCCCC2C)CC1. The van der Waals surface area contributed by atoms with Crippen molar-refractivity contribution in [2.45, 2.75) is 65.3 Å². The molecule has 2 atom stereocenters. The first-order valence-corrected chi connectivity index (χ1v) is 10.6. The second-order valence-electron chi connectivity index (χ2n) is 7.95. The summed E-state index contributed by atoms with van der Waals surface area (Å²) < 4.78 is 0. The summed E-state index contributed by atoms with van der Waals surface area (Å²) in [6, 6.07) is -0.223. The van der Waals surface area contributed by atoms with E-state index in [2.05, 4.69) is 17.6 Å². The fourth-order valence-electron chi connectivity index (χ4n) is 4.24. The van der Waals surface area contributed by atoms with E-state index in [1.165, 1.54) is 6.42 Å². The van der Waals surface area contributed by atoms with Crippen LogP contribution in [-0.4, -0.2) is 66.4 Å². The maximum absolute atomic E-state index is 12.4. The molecule has 2 fully saturated rings. The number of nitrogens with one attached hydrogen (secondary N) is 2. The van der Waals surface area contributed by atoms with Crippen LogP contribution in [0.5, 0.6) is 0 Å². The molecule has 0 aromatic rings. The van der Waals surface area contributed by atoms with E-state index in [0.717, 1.165) is 45.2 Å². The molecule has 7 heteroatoms. The van der Waals surface area contributed by atoms with E-state index in [4.69, 9.17) is 0 Å². The lowest BCUT2D eigenvalue weighted by Gasteiger charge is -2.33. The number of piperidine rings is 1. The number of nitrogens with zero attached hydrogens (tertiary/aromatic N) is 2. The normalized spacial score (nSPS) is 24.3. The Balaban J connectivity index is 1.69. The third-order valence-corrected chi connectivity index (χ3v) is 6.06. The van der Waals surface area contributed by atoms with Gasteiger partial charge in [0.05, 0.1) is 6.54 Å². The van der Waals surface area contributed by atoms with Gasteiger partial charge in [-0.2, -0.15) is 0 Å². The maximum Gasteiger partial charge on any atom is 0.321 e. The van der Waals surface area contributed by atoms with E-state index < -0.39 is 0 Å². The number of hydrogen-bond acceptors (Lipinski definition) is 4. The second-order valence-corrected chi connectivity index (χ2v) is 7.95. The number of hydrogen-bond donors (Lipinski definition) is 2. The van der Waals surface area contributed by atoms with Crippen LogP contribution < -0.4 is 10.6 Å². The van der Waals surface area contributed by atoms with Gasteiger partial charge >= 0.3 is 6.03 Å². The summed E-state index contributed by atoms with van der Waals surface area (Å²) in [5, 5.41) is 5.40. The summed E-state index contributed by atoms with van der Waals surface area (Å²) in [4.78, 5) is 40.6. The molecule has 2 aliphatic rings. The molecule has 1 heterocycles. The number of rotatable bonds is 6. The Morgan fingerprint density at radius 3 is 2.22 bits per heavy atom. The fraction of sp³-hybridized carbons (Fsp3) is 0.850. The molecule has 1 aliphatic heterocycles. The van der Waals surface area contributed by atoms with Crippen molar-refractivity contribution in [1.29, 1.82) is 0 Å². The largest absolute Gasteiger partial charge is 0.343 e. The summed E-state index contributed by atoms with van der Waals surface area (Å²) in [6.07, 6.45) is 6.00. The molecule has 0 radical (unpaired) electrons. The van der Waals surface area contributed by atoms with Crippen LogP contribution in [0.4, 0.5) is 4.79 Å². The second kappa shape index (κ2) is 10.6. The number of urea groups is 1. The molecule has 1 aliphatic carbocycles. The summed E-state index contributed by atoms with van der Waals surface area (Å²) in [5.74, 6) is 0.469. The average molecular weight is 381 g/mol. The zero-order chi connectivity index (χ0) is 19.8. The zero-order valence-electron chi connectivity index (χ0n) is 17.1. The molecule has 2 unspecified atom stereocenters. The Morgan fingerprint density at radius 1 is 1.00 bits per heavy atom. The number of imide groups is 1. The number of amides is 4. The van der Waals surface area contributed by atoms with E-state index >= 15 is 0 Å². The van der Waals surface area contributed by atoms with Crippen LogP contribution in [0.1, 0.15) is 59.3 Å². The molecule has 1 saturated heterocycles. The van der Waals surface area contributed by atoms with Crippen molar-refractivity contribution < 1.29 is 14.4 Å². The highest BCUT2D eigenvalue weighted by molar-refractivity contribution is 5.95. The van der Waals surface area contributed by atoms with E-state index in [1.807, 2.05) is 23.6 Å². The quantitative estimate of drug-likeness (QED) is 0.738. The minimum absolute atomic E-state index is 0.0558. The van der Waals surface area contributed by atoms with Gasteiger partial charge in [-0.25, -0.2) is 4.79 Å². The molecule has 0 aromatic heterocycles. The molecule has 1 saturated carbocycles. The summed E-state index contributed by atoms with van der Waals surface area (Å²) >= 11 is 0. The third-order valence-electron chi connectivity index (χ3n) is 6.06. The standard InChI is InChI=1S/C20H36N4O3/c1-4-24(5-2)19(26)16-10-12-23(13-11-16)14-18(25)22-20(27)21-17-9-7-6-8-15(17)3/h15-17H,4-14H2,1-3H3,(H2,21,22,25,27). The molecule has 0 spiro atoms. The molecule has 27 heavy (non-hydrogen) atoms. The Labute approximate surface area is 163 Å². The molecule has 0 bridgehead atoms. The lowest BCUT2D eigenvalue weighted by molar-refractivity contribution is -0.136. The highest BCUT2D eigenvalue weighted by atomic mass is 16.2. The Kier molecular flexibility index (Phi) is 8.54. The Hall–Kier alpha value is -1.63. The molecule has 154 valence electrons. The molecular formula is C20H36N4O3. The van der Waals surface area contributed by atoms with Crippen LogP contribution >= 0.6 is 0 Å². The van der Waals surface area contributed by atoms with Gasteiger partial charge < -0.3 is 10.2 Å². The number of likely N-dealkylation sites (tertiary alicyclic amines) is 1. The van der Waals surface area contributed by atoms with Gasteiger partial charge in [0.15, 0.2) is 0 Å². The van der Waals surface area contributed by atoms with Crippen molar-refractivity contribution in [1.82, 2.24) is 20.4 Å². The van der Waals surface area contributed by atoms with Gasteiger partial charge in [0.2, 0.25) is 11.8 Å². The molecular weight excluding hydrogens is 344 g/mol. The van der Waals surface area contributed by atoms with Crippen molar-refractivity contribution in [3.8, 4) is 0 Å². The van der Waals surface area contributed by atoms with Crippen molar-refractivity contribution in [2.24, 2.45) is 11.8 Å². The highest BCUT2D eigenvalue weighted by Gasteiger charge is 2.29. The van der Waals surface area contributed by atoms with E-state index in [-0.39, 0.29) is 36.3 Å². The van der Waals surface area contributed by atoms with Crippen LogP contribution in [0.2, 0.25) is 0 Å². The van der Waals surface area contributed by atoms with E-state index in [1.54, 1.807) is 0 Å². The molecule has 0 aromatic carbocycles. The van der Waals surface area contributed by atoms with Crippen LogP contribution in [0, 0.1) is 11.8 Å². The zero-order valence-corrected chi connectivity index (χ0v) is 17.1. The number of carbonyl (C=O) groups is 3. The number of carbonyl (C=O) groups excluding carboxylic acids is 3. The highest BCUT2D eigenvalue weighted by Crippen LogP contribution is 2.23. The van der Waals surface area contributed by atoms with Crippen molar-refractivity contribution in [3.05, 3.63) is 0 Å². The van der Waals surface area contributed by atoms with E-state index in [0.29, 0.717) is 19.0 Å². The molecule has 4 amide bonds. The molecule has 2 N–H and O–H groups in total. The molecule has 2 rings (SSSR count). The minimum atomic E-state index is -0.384. The predicted molar refractivity (Wildman–Crippen MR) is 105 cm³/mol. The predicted octanol–water partition coefficient (Wildman–Crippen LogP) is 1.97. The first kappa shape index (κ1) is 21.7. The lowest BCUT2D eigenvalue weighted by atomic mass is 9.86. The topological polar surface area (TPSA) is 81.8 Å². The van der Waals surface area contributed by atoms with Crippen molar-refractivity contribution >= 4 is 17.8 Å². The monoisotopic (exact) mass is 380 g/mol. The first-order valence-electron chi connectivity index (χ1n) is 10.6. The van der Waals surface area contributed by atoms with Gasteiger partial charge in [0.1, 0.15) is 0 Å². The van der Waals surface area contributed by atoms with Crippen molar-refractivity contribution in [3.63, 3.8) is 0 Å². The van der Waals surface area contributed by atoms with Gasteiger partial charge in [-0.05, 0) is 58.5 Å². The Bertz CT molecular complexity index is 513. The van der Waals surface area contributed by atoms with Gasteiger partial charge in [-0.1, -0.05) is 19.8 Å². The average Bonchev–Trinajstić information content (AvgIpc) is 2.65.